The lowest BCUT2D eigenvalue weighted by Gasteiger charge is -2.28. The highest BCUT2D eigenvalue weighted by Gasteiger charge is 2.21. The van der Waals surface area contributed by atoms with Gasteiger partial charge in [0.15, 0.2) is 0 Å². The highest BCUT2D eigenvalue weighted by Crippen LogP contribution is 2.10. The molecule has 1 aliphatic rings. The van der Waals surface area contributed by atoms with Crippen molar-refractivity contribution < 1.29 is 9.53 Å². The van der Waals surface area contributed by atoms with Crippen molar-refractivity contribution in [1.29, 1.82) is 0 Å². The van der Waals surface area contributed by atoms with Gasteiger partial charge in [-0.25, -0.2) is 0 Å². The molecule has 7 nitrogen and oxygen atoms in total. The normalized spacial score (nSPS) is 16.9. The average Bonchev–Trinajstić information content (AvgIpc) is 2.87. The Labute approximate surface area is 112 Å². The second kappa shape index (κ2) is 6.63. The summed E-state index contributed by atoms with van der Waals surface area (Å²) in [5.74, 6) is 0.813. The Morgan fingerprint density at radius 3 is 3.16 bits per heavy atom. The number of aromatic nitrogens is 3. The van der Waals surface area contributed by atoms with E-state index in [9.17, 15) is 4.79 Å². The van der Waals surface area contributed by atoms with Gasteiger partial charge >= 0.3 is 5.97 Å². The molecular formula is C12H21N5O2. The molecule has 1 aromatic rings. The van der Waals surface area contributed by atoms with E-state index in [1.807, 2.05) is 6.92 Å². The molecule has 1 atom stereocenters. The molecule has 1 N–H and O–H groups in total. The van der Waals surface area contributed by atoms with Gasteiger partial charge in [-0.15, -0.1) is 10.2 Å². The summed E-state index contributed by atoms with van der Waals surface area (Å²) in [6, 6.07) is -0.236. The molecule has 7 heteroatoms. The van der Waals surface area contributed by atoms with Crippen LogP contribution in [-0.2, 0) is 22.6 Å². The lowest BCUT2D eigenvalue weighted by molar-refractivity contribution is -0.145. The number of carbonyl (C=O) groups excluding carboxylic acids is 1. The van der Waals surface area contributed by atoms with E-state index in [-0.39, 0.29) is 12.0 Å². The molecule has 2 rings (SSSR count). The van der Waals surface area contributed by atoms with Gasteiger partial charge in [-0.1, -0.05) is 0 Å². The quantitative estimate of drug-likeness (QED) is 0.709. The van der Waals surface area contributed by atoms with E-state index in [4.69, 9.17) is 4.74 Å². The summed E-state index contributed by atoms with van der Waals surface area (Å²) >= 11 is 0. The number of likely N-dealkylation sites (N-methyl/N-ethyl adjacent to an activating group) is 1. The number of fused-ring (bicyclic) bond motifs is 1. The van der Waals surface area contributed by atoms with Crippen molar-refractivity contribution in [1.82, 2.24) is 25.0 Å². The topological polar surface area (TPSA) is 72.3 Å². The van der Waals surface area contributed by atoms with Crippen molar-refractivity contribution in [3.8, 4) is 0 Å². The molecule has 0 aromatic carbocycles. The van der Waals surface area contributed by atoms with Gasteiger partial charge in [0.1, 0.15) is 18.2 Å². The number of rotatable bonds is 6. The minimum Gasteiger partial charge on any atom is -0.465 e. The third-order valence-corrected chi connectivity index (χ3v) is 3.37. The van der Waals surface area contributed by atoms with E-state index in [0.717, 1.165) is 38.4 Å². The lowest BCUT2D eigenvalue weighted by atomic mass is 10.2. The van der Waals surface area contributed by atoms with Crippen LogP contribution in [0.2, 0.25) is 0 Å². The van der Waals surface area contributed by atoms with Crippen LogP contribution in [0.4, 0.5) is 0 Å². The molecular weight excluding hydrogens is 246 g/mol. The van der Waals surface area contributed by atoms with Gasteiger partial charge < -0.3 is 14.6 Å². The van der Waals surface area contributed by atoms with E-state index in [2.05, 4.69) is 25.0 Å². The van der Waals surface area contributed by atoms with Gasteiger partial charge in [-0.05, 0) is 20.4 Å². The van der Waals surface area contributed by atoms with Crippen molar-refractivity contribution >= 4 is 5.97 Å². The summed E-state index contributed by atoms with van der Waals surface area (Å²) in [4.78, 5) is 14.0. The standard InChI is InChI=1S/C12H21N5O2/c1-3-19-12(18)10(13-2)4-5-16-6-7-17-9-14-15-11(17)8-16/h9-10,13H,3-8H2,1-2H3. The minimum absolute atomic E-state index is 0.176. The highest BCUT2D eigenvalue weighted by atomic mass is 16.5. The number of hydrogen-bond acceptors (Lipinski definition) is 6. The Bertz CT molecular complexity index is 420. The first-order chi connectivity index (χ1) is 9.24. The second-order valence-electron chi connectivity index (χ2n) is 4.60. The van der Waals surface area contributed by atoms with Crippen LogP contribution in [0.5, 0.6) is 0 Å². The number of nitrogens with zero attached hydrogens (tertiary/aromatic N) is 4. The summed E-state index contributed by atoms with van der Waals surface area (Å²) in [5, 5.41) is 11.0. The third kappa shape index (κ3) is 3.51. The van der Waals surface area contributed by atoms with Crippen molar-refractivity contribution in [2.24, 2.45) is 0 Å². The van der Waals surface area contributed by atoms with Gasteiger partial charge in [0.05, 0.1) is 13.2 Å². The molecule has 2 heterocycles. The smallest absolute Gasteiger partial charge is 0.323 e. The lowest BCUT2D eigenvalue weighted by Crippen LogP contribution is -2.41. The van der Waals surface area contributed by atoms with E-state index in [0.29, 0.717) is 6.61 Å². The zero-order valence-electron chi connectivity index (χ0n) is 11.5. The first kappa shape index (κ1) is 14.0. The van der Waals surface area contributed by atoms with Gasteiger partial charge in [-0.3, -0.25) is 9.69 Å². The fourth-order valence-electron chi connectivity index (χ4n) is 2.24. The predicted octanol–water partition coefficient (Wildman–Crippen LogP) is -0.365. The first-order valence-corrected chi connectivity index (χ1v) is 6.67. The molecule has 0 spiro atoms. The Morgan fingerprint density at radius 2 is 2.42 bits per heavy atom. The van der Waals surface area contributed by atoms with Crippen molar-refractivity contribution in [3.63, 3.8) is 0 Å². The molecule has 0 bridgehead atoms. The monoisotopic (exact) mass is 267 g/mol. The zero-order chi connectivity index (χ0) is 13.7. The number of nitrogens with one attached hydrogen (secondary N) is 1. The Hall–Kier alpha value is -1.47. The van der Waals surface area contributed by atoms with E-state index < -0.39 is 0 Å². The molecule has 19 heavy (non-hydrogen) atoms. The van der Waals surface area contributed by atoms with Crippen LogP contribution >= 0.6 is 0 Å². The average molecular weight is 267 g/mol. The molecule has 0 aliphatic carbocycles. The minimum atomic E-state index is -0.236. The third-order valence-electron chi connectivity index (χ3n) is 3.37. The molecule has 0 fully saturated rings. The van der Waals surface area contributed by atoms with Gasteiger partial charge in [0.2, 0.25) is 0 Å². The summed E-state index contributed by atoms with van der Waals surface area (Å²) < 4.78 is 7.10. The van der Waals surface area contributed by atoms with Crippen LogP contribution in [-0.4, -0.2) is 58.4 Å². The van der Waals surface area contributed by atoms with Crippen LogP contribution in [0.15, 0.2) is 6.33 Å². The van der Waals surface area contributed by atoms with Crippen LogP contribution in [0.3, 0.4) is 0 Å². The molecule has 1 aliphatic heterocycles. The van der Waals surface area contributed by atoms with Crippen LogP contribution in [0.25, 0.3) is 0 Å². The van der Waals surface area contributed by atoms with E-state index in [1.165, 1.54) is 0 Å². The van der Waals surface area contributed by atoms with Crippen LogP contribution in [0.1, 0.15) is 19.2 Å². The van der Waals surface area contributed by atoms with Crippen molar-refractivity contribution in [2.45, 2.75) is 32.5 Å². The Kier molecular flexibility index (Phi) is 4.86. The number of carbonyl (C=O) groups is 1. The maximum absolute atomic E-state index is 11.7. The Balaban J connectivity index is 1.81. The molecule has 106 valence electrons. The predicted molar refractivity (Wildman–Crippen MR) is 69.4 cm³/mol. The van der Waals surface area contributed by atoms with Crippen molar-refractivity contribution in [3.05, 3.63) is 12.2 Å². The molecule has 1 unspecified atom stereocenters. The largest absolute Gasteiger partial charge is 0.465 e. The van der Waals surface area contributed by atoms with Crippen LogP contribution in [0, 0.1) is 0 Å². The molecule has 0 saturated heterocycles. The van der Waals surface area contributed by atoms with Gasteiger partial charge in [0, 0.05) is 19.6 Å². The summed E-state index contributed by atoms with van der Waals surface area (Å²) in [7, 11) is 1.79. The molecule has 0 amide bonds. The SMILES string of the molecule is CCOC(=O)C(CCN1CCn2cnnc2C1)NC. The van der Waals surface area contributed by atoms with Crippen molar-refractivity contribution in [2.75, 3.05) is 26.7 Å². The summed E-state index contributed by atoms with van der Waals surface area (Å²) in [6.07, 6.45) is 2.51. The molecule has 0 radical (unpaired) electrons. The number of ether oxygens (including phenoxy) is 1. The van der Waals surface area contributed by atoms with Gasteiger partial charge in [-0.2, -0.15) is 0 Å². The second-order valence-corrected chi connectivity index (χ2v) is 4.60. The summed E-state index contributed by atoms with van der Waals surface area (Å²) in [5.41, 5.74) is 0. The fourth-order valence-corrected chi connectivity index (χ4v) is 2.24. The van der Waals surface area contributed by atoms with Gasteiger partial charge in [0.25, 0.3) is 0 Å². The number of hydrogen-bond donors (Lipinski definition) is 1. The molecule has 0 saturated carbocycles. The fraction of sp³-hybridized carbons (Fsp3) is 0.750. The van der Waals surface area contributed by atoms with E-state index in [1.54, 1.807) is 13.4 Å². The zero-order valence-corrected chi connectivity index (χ0v) is 11.5. The number of esters is 1. The van der Waals surface area contributed by atoms with E-state index >= 15 is 0 Å². The highest BCUT2D eigenvalue weighted by molar-refractivity contribution is 5.75. The first-order valence-electron chi connectivity index (χ1n) is 6.67. The van der Waals surface area contributed by atoms with Crippen LogP contribution < -0.4 is 5.32 Å². The maximum Gasteiger partial charge on any atom is 0.323 e. The molecule has 1 aromatic heterocycles. The maximum atomic E-state index is 11.7. The summed E-state index contributed by atoms with van der Waals surface area (Å²) in [6.45, 7) is 5.75. The Morgan fingerprint density at radius 1 is 1.58 bits per heavy atom.